The van der Waals surface area contributed by atoms with Crippen LogP contribution in [0.25, 0.3) is 0 Å². The Hall–Kier alpha value is -1.19. The number of nitrogen functional groups attached to an aromatic ring is 1. The quantitative estimate of drug-likeness (QED) is 0.922. The zero-order valence-corrected chi connectivity index (χ0v) is 11.8. The number of hydrogen-bond donors (Lipinski definition) is 1. The summed E-state index contributed by atoms with van der Waals surface area (Å²) in [7, 11) is 0. The molecule has 0 amide bonds. The van der Waals surface area contributed by atoms with Crippen molar-refractivity contribution in [1.29, 1.82) is 0 Å². The van der Waals surface area contributed by atoms with E-state index in [2.05, 4.69) is 12.0 Å². The maximum absolute atomic E-state index is 6.08. The lowest BCUT2D eigenvalue weighted by Gasteiger charge is -2.17. The highest BCUT2D eigenvalue weighted by Crippen LogP contribution is 2.31. The highest BCUT2D eigenvalue weighted by atomic mass is 35.5. The fraction of sp³-hybridized carbons (Fsp3) is 0.308. The summed E-state index contributed by atoms with van der Waals surface area (Å²) >= 11 is 12.1. The summed E-state index contributed by atoms with van der Waals surface area (Å²) in [6.45, 7) is 3.93. The number of hydrogen-bond acceptors (Lipinski definition) is 2. The average molecular weight is 284 g/mol. The van der Waals surface area contributed by atoms with Gasteiger partial charge in [-0.2, -0.15) is 5.10 Å². The Morgan fingerprint density at radius 3 is 2.61 bits per heavy atom. The molecule has 96 valence electrons. The summed E-state index contributed by atoms with van der Waals surface area (Å²) in [5, 5.41) is 5.64. The Morgan fingerprint density at radius 2 is 2.11 bits per heavy atom. The Bertz CT molecular complexity index is 563. The maximum Gasteiger partial charge on any atom is 0.141 e. The number of anilines is 1. The van der Waals surface area contributed by atoms with E-state index >= 15 is 0 Å². The van der Waals surface area contributed by atoms with Gasteiger partial charge in [0.25, 0.3) is 0 Å². The number of aryl methyl sites for hydroxylation is 1. The molecule has 0 aliphatic rings. The molecule has 0 bridgehead atoms. The van der Waals surface area contributed by atoms with E-state index in [0.29, 0.717) is 15.9 Å². The van der Waals surface area contributed by atoms with Gasteiger partial charge in [-0.15, -0.1) is 0 Å². The first-order valence-corrected chi connectivity index (χ1v) is 6.55. The molecule has 18 heavy (non-hydrogen) atoms. The van der Waals surface area contributed by atoms with Crippen molar-refractivity contribution >= 4 is 29.0 Å². The van der Waals surface area contributed by atoms with Crippen LogP contribution in [0, 0.1) is 6.92 Å². The molecule has 1 atom stereocenters. The Labute approximate surface area is 117 Å². The molecule has 1 heterocycles. The molecule has 0 spiro atoms. The fourth-order valence-electron chi connectivity index (χ4n) is 2.05. The monoisotopic (exact) mass is 283 g/mol. The van der Waals surface area contributed by atoms with Gasteiger partial charge in [-0.3, -0.25) is 0 Å². The van der Waals surface area contributed by atoms with Crippen molar-refractivity contribution in [2.75, 3.05) is 5.73 Å². The lowest BCUT2D eigenvalue weighted by molar-refractivity contribution is 0.513. The van der Waals surface area contributed by atoms with Crippen LogP contribution in [0.2, 0.25) is 10.0 Å². The number of nitrogens with zero attached hydrogens (tertiary/aromatic N) is 2. The molecular formula is C13H15Cl2N3. The third kappa shape index (κ3) is 2.33. The molecule has 1 aromatic heterocycles. The topological polar surface area (TPSA) is 43.8 Å². The Balaban J connectivity index is 2.48. The van der Waals surface area contributed by atoms with Gasteiger partial charge in [0.1, 0.15) is 10.8 Å². The Kier molecular flexibility index (Phi) is 3.83. The summed E-state index contributed by atoms with van der Waals surface area (Å²) in [6, 6.07) is 7.77. The van der Waals surface area contributed by atoms with Gasteiger partial charge in [-0.05, 0) is 31.0 Å². The second-order valence-electron chi connectivity index (χ2n) is 4.21. The molecule has 3 nitrogen and oxygen atoms in total. The summed E-state index contributed by atoms with van der Waals surface area (Å²) in [6.07, 6.45) is 0.863. The van der Waals surface area contributed by atoms with Crippen molar-refractivity contribution in [3.8, 4) is 0 Å². The first-order valence-electron chi connectivity index (χ1n) is 5.80. The van der Waals surface area contributed by atoms with Gasteiger partial charge in [0.2, 0.25) is 0 Å². The first kappa shape index (κ1) is 13.2. The number of aromatic nitrogens is 2. The molecular weight excluding hydrogens is 269 g/mol. The second-order valence-corrected chi connectivity index (χ2v) is 5.02. The minimum atomic E-state index is 0.0508. The molecule has 1 aromatic carbocycles. The Morgan fingerprint density at radius 1 is 1.39 bits per heavy atom. The maximum atomic E-state index is 6.08. The van der Waals surface area contributed by atoms with Crippen molar-refractivity contribution in [3.05, 3.63) is 45.6 Å². The number of rotatable bonds is 3. The molecule has 2 rings (SSSR count). The van der Waals surface area contributed by atoms with Crippen LogP contribution >= 0.6 is 23.2 Å². The highest BCUT2D eigenvalue weighted by Gasteiger charge is 2.19. The molecule has 0 radical (unpaired) electrons. The standard InChI is InChI=1S/C13H15Cl2N3/c1-3-11(9-5-4-6-10(14)7-9)18-13(16)12(15)8(2)17-18/h4-7,11H,3,16H2,1-2H3. The molecule has 2 N–H and O–H groups in total. The van der Waals surface area contributed by atoms with E-state index in [4.69, 9.17) is 28.9 Å². The van der Waals surface area contributed by atoms with Crippen molar-refractivity contribution in [2.45, 2.75) is 26.3 Å². The zero-order valence-electron chi connectivity index (χ0n) is 10.3. The van der Waals surface area contributed by atoms with Crippen LogP contribution in [0.5, 0.6) is 0 Å². The average Bonchev–Trinajstić information content (AvgIpc) is 2.59. The van der Waals surface area contributed by atoms with E-state index in [1.54, 1.807) is 4.68 Å². The van der Waals surface area contributed by atoms with Crippen molar-refractivity contribution in [2.24, 2.45) is 0 Å². The summed E-state index contributed by atoms with van der Waals surface area (Å²) < 4.78 is 1.77. The van der Waals surface area contributed by atoms with Crippen molar-refractivity contribution in [1.82, 2.24) is 9.78 Å². The van der Waals surface area contributed by atoms with Crippen LogP contribution in [0.1, 0.15) is 30.6 Å². The van der Waals surface area contributed by atoms with Gasteiger partial charge in [0.05, 0.1) is 11.7 Å². The predicted molar refractivity (Wildman–Crippen MR) is 76.3 cm³/mol. The lowest BCUT2D eigenvalue weighted by Crippen LogP contribution is -2.14. The van der Waals surface area contributed by atoms with E-state index in [1.165, 1.54) is 0 Å². The van der Waals surface area contributed by atoms with Crippen LogP contribution < -0.4 is 5.73 Å². The second kappa shape index (κ2) is 5.21. The van der Waals surface area contributed by atoms with E-state index in [1.807, 2.05) is 31.2 Å². The largest absolute Gasteiger partial charge is 0.383 e. The third-order valence-electron chi connectivity index (χ3n) is 2.96. The fourth-order valence-corrected chi connectivity index (χ4v) is 2.37. The van der Waals surface area contributed by atoms with Crippen LogP contribution in [0.4, 0.5) is 5.82 Å². The smallest absolute Gasteiger partial charge is 0.141 e. The minimum Gasteiger partial charge on any atom is -0.383 e. The van der Waals surface area contributed by atoms with E-state index in [-0.39, 0.29) is 6.04 Å². The van der Waals surface area contributed by atoms with Gasteiger partial charge in [0, 0.05) is 5.02 Å². The number of nitrogens with two attached hydrogens (primary N) is 1. The molecule has 0 saturated heterocycles. The molecule has 0 saturated carbocycles. The summed E-state index contributed by atoms with van der Waals surface area (Å²) in [5.74, 6) is 0.501. The molecule has 2 aromatic rings. The molecule has 0 aliphatic heterocycles. The molecule has 5 heteroatoms. The van der Waals surface area contributed by atoms with E-state index in [0.717, 1.165) is 17.7 Å². The summed E-state index contributed by atoms with van der Waals surface area (Å²) in [4.78, 5) is 0. The van der Waals surface area contributed by atoms with E-state index < -0.39 is 0 Å². The van der Waals surface area contributed by atoms with Gasteiger partial charge >= 0.3 is 0 Å². The van der Waals surface area contributed by atoms with Crippen molar-refractivity contribution in [3.63, 3.8) is 0 Å². The first-order chi connectivity index (χ1) is 8.54. The molecule has 0 fully saturated rings. The molecule has 1 unspecified atom stereocenters. The van der Waals surface area contributed by atoms with Crippen LogP contribution in [0.3, 0.4) is 0 Å². The van der Waals surface area contributed by atoms with Gasteiger partial charge in [-0.25, -0.2) is 4.68 Å². The van der Waals surface area contributed by atoms with Gasteiger partial charge < -0.3 is 5.73 Å². The highest BCUT2D eigenvalue weighted by molar-refractivity contribution is 6.33. The molecule has 0 aliphatic carbocycles. The van der Waals surface area contributed by atoms with Crippen LogP contribution in [-0.4, -0.2) is 9.78 Å². The minimum absolute atomic E-state index is 0.0508. The van der Waals surface area contributed by atoms with E-state index in [9.17, 15) is 0 Å². The van der Waals surface area contributed by atoms with Crippen LogP contribution in [-0.2, 0) is 0 Å². The van der Waals surface area contributed by atoms with Gasteiger partial charge in [0.15, 0.2) is 0 Å². The number of benzene rings is 1. The third-order valence-corrected chi connectivity index (χ3v) is 3.66. The van der Waals surface area contributed by atoms with Crippen molar-refractivity contribution < 1.29 is 0 Å². The number of halogens is 2. The zero-order chi connectivity index (χ0) is 13.3. The predicted octanol–water partition coefficient (Wildman–Crippen LogP) is 4.08. The lowest BCUT2D eigenvalue weighted by atomic mass is 10.1. The normalized spacial score (nSPS) is 12.7. The van der Waals surface area contributed by atoms with Gasteiger partial charge in [-0.1, -0.05) is 42.3 Å². The van der Waals surface area contributed by atoms with Crippen LogP contribution in [0.15, 0.2) is 24.3 Å². The SMILES string of the molecule is CCC(c1cccc(Cl)c1)n1nc(C)c(Cl)c1N. The summed E-state index contributed by atoms with van der Waals surface area (Å²) in [5.41, 5.74) is 7.82.